The highest BCUT2D eigenvalue weighted by Gasteiger charge is 2.45. The minimum Gasteiger partial charge on any atom is -0.492 e. The van der Waals surface area contributed by atoms with Gasteiger partial charge in [0.15, 0.2) is 0 Å². The highest BCUT2D eigenvalue weighted by atomic mass is 32.2. The van der Waals surface area contributed by atoms with Crippen LogP contribution in [0.15, 0.2) is 40.1 Å². The molecule has 1 unspecified atom stereocenters. The number of anilines is 1. The second-order valence-corrected chi connectivity index (χ2v) is 14.6. The lowest BCUT2D eigenvalue weighted by Crippen LogP contribution is -2.47. The van der Waals surface area contributed by atoms with Gasteiger partial charge in [-0.1, -0.05) is 6.07 Å². The molecular formula is C26H37N5O9S2. The molecular weight excluding hydrogens is 590 g/mol. The molecule has 3 aliphatic rings. The summed E-state index contributed by atoms with van der Waals surface area (Å²) in [4.78, 5) is 5.65. The van der Waals surface area contributed by atoms with Crippen LogP contribution in [0.25, 0.3) is 0 Å². The smallest absolute Gasteiger partial charge is 0.248 e. The average molecular weight is 628 g/mol. The number of aliphatic hydroxyl groups is 1. The molecule has 1 spiro atoms. The standard InChI is InChI=1S/C26H37N5O9S2/c1-27-41(34,35)21-5-3-4-20(12-21)39-17-19(32)15-28-18-14-26(40-16-18)6-8-31(9-7-26)42(36,37)23-13-22-25(29-24(23)33)38-11-10-30(22)2/h3-5,12-13,18-19,27-28,32H,6-11,14-17H2,1-2H3,(H,29,33)/t18?,19-/m0/s1. The number of piperidine rings is 1. The first-order valence-electron chi connectivity index (χ1n) is 13.7. The summed E-state index contributed by atoms with van der Waals surface area (Å²) in [6.07, 6.45) is 0.792. The van der Waals surface area contributed by atoms with Crippen molar-refractivity contribution in [3.8, 4) is 17.5 Å². The predicted molar refractivity (Wildman–Crippen MR) is 152 cm³/mol. The van der Waals surface area contributed by atoms with Gasteiger partial charge in [-0.15, -0.1) is 0 Å². The zero-order valence-electron chi connectivity index (χ0n) is 23.5. The number of aromatic nitrogens is 1. The van der Waals surface area contributed by atoms with Crippen LogP contribution in [0.1, 0.15) is 19.3 Å². The van der Waals surface area contributed by atoms with E-state index in [2.05, 4.69) is 15.0 Å². The van der Waals surface area contributed by atoms with E-state index in [0.29, 0.717) is 50.5 Å². The summed E-state index contributed by atoms with van der Waals surface area (Å²) in [6, 6.07) is 7.41. The number of ether oxygens (including phenoxy) is 3. The van der Waals surface area contributed by atoms with Gasteiger partial charge in [-0.05, 0) is 44.5 Å². The summed E-state index contributed by atoms with van der Waals surface area (Å²) in [5.41, 5.74) is 0.0381. The third-order valence-corrected chi connectivity index (χ3v) is 11.2. The minimum absolute atomic E-state index is 0.0312. The highest BCUT2D eigenvalue weighted by Crippen LogP contribution is 2.40. The normalized spacial score (nSPS) is 21.6. The summed E-state index contributed by atoms with van der Waals surface area (Å²) in [6.45, 7) is 2.08. The van der Waals surface area contributed by atoms with Crippen molar-refractivity contribution < 1.29 is 41.3 Å². The van der Waals surface area contributed by atoms with E-state index in [0.717, 1.165) is 0 Å². The third-order valence-electron chi connectivity index (χ3n) is 7.92. The van der Waals surface area contributed by atoms with Crippen molar-refractivity contribution in [3.63, 3.8) is 0 Å². The lowest BCUT2D eigenvalue weighted by Gasteiger charge is -2.38. The quantitative estimate of drug-likeness (QED) is 0.274. The first kappa shape index (κ1) is 30.7. The fourth-order valence-corrected chi connectivity index (χ4v) is 7.67. The minimum atomic E-state index is -3.99. The first-order valence-corrected chi connectivity index (χ1v) is 16.6. The van der Waals surface area contributed by atoms with Crippen LogP contribution in [0.4, 0.5) is 5.69 Å². The molecule has 1 aromatic carbocycles. The van der Waals surface area contributed by atoms with E-state index in [1.807, 2.05) is 11.9 Å². The van der Waals surface area contributed by atoms with Crippen LogP contribution in [-0.2, 0) is 24.8 Å². The van der Waals surface area contributed by atoms with Gasteiger partial charge in [0.1, 0.15) is 35.7 Å². The van der Waals surface area contributed by atoms with E-state index in [4.69, 9.17) is 14.2 Å². The van der Waals surface area contributed by atoms with Crippen LogP contribution in [-0.4, -0.2) is 114 Å². The fraction of sp³-hybridized carbons (Fsp3) is 0.577. The Balaban J connectivity index is 1.11. The highest BCUT2D eigenvalue weighted by molar-refractivity contribution is 7.89. The van der Waals surface area contributed by atoms with Gasteiger partial charge in [-0.2, -0.15) is 9.29 Å². The molecule has 0 bridgehead atoms. The molecule has 2 atom stereocenters. The van der Waals surface area contributed by atoms with Crippen molar-refractivity contribution in [2.45, 2.75) is 46.8 Å². The van der Waals surface area contributed by atoms with Crippen LogP contribution in [0.2, 0.25) is 0 Å². The molecule has 2 aromatic rings. The van der Waals surface area contributed by atoms with Gasteiger partial charge in [0.25, 0.3) is 0 Å². The molecule has 5 rings (SSSR count). The van der Waals surface area contributed by atoms with Gasteiger partial charge in [-0.25, -0.2) is 21.6 Å². The number of hydrogen-bond acceptors (Lipinski definition) is 12. The zero-order chi connectivity index (χ0) is 30.1. The molecule has 0 aliphatic carbocycles. The molecule has 14 nitrogen and oxygen atoms in total. The second-order valence-electron chi connectivity index (χ2n) is 10.8. The van der Waals surface area contributed by atoms with E-state index in [1.54, 1.807) is 12.1 Å². The van der Waals surface area contributed by atoms with Crippen molar-refractivity contribution in [3.05, 3.63) is 30.3 Å². The second kappa shape index (κ2) is 12.1. The lowest BCUT2D eigenvalue weighted by molar-refractivity contribution is -0.0312. The Morgan fingerprint density at radius 3 is 2.69 bits per heavy atom. The molecule has 4 N–H and O–H groups in total. The lowest BCUT2D eigenvalue weighted by atomic mass is 9.88. The van der Waals surface area contributed by atoms with E-state index in [9.17, 15) is 27.0 Å². The fourth-order valence-electron chi connectivity index (χ4n) is 5.43. The molecule has 3 aliphatic heterocycles. The number of sulfonamides is 2. The Morgan fingerprint density at radius 1 is 1.19 bits per heavy atom. The molecule has 0 radical (unpaired) electrons. The Labute approximate surface area is 245 Å². The number of nitrogens with zero attached hydrogens (tertiary/aromatic N) is 3. The number of rotatable bonds is 10. The predicted octanol–water partition coefficient (Wildman–Crippen LogP) is -0.134. The third kappa shape index (κ3) is 6.44. The summed E-state index contributed by atoms with van der Waals surface area (Å²) >= 11 is 0. The number of nitrogens with one attached hydrogen (secondary N) is 2. The first-order chi connectivity index (χ1) is 19.9. The van der Waals surface area contributed by atoms with Crippen molar-refractivity contribution in [1.29, 1.82) is 0 Å². The van der Waals surface area contributed by atoms with Crippen LogP contribution in [0, 0.1) is 0 Å². The Morgan fingerprint density at radius 2 is 1.95 bits per heavy atom. The molecule has 0 saturated carbocycles. The maximum atomic E-state index is 13.4. The summed E-state index contributed by atoms with van der Waals surface area (Å²) in [7, 11) is -4.45. The number of fused-ring (bicyclic) bond motifs is 1. The van der Waals surface area contributed by atoms with Crippen LogP contribution in [0.5, 0.6) is 17.5 Å². The van der Waals surface area contributed by atoms with Crippen LogP contribution < -0.4 is 24.4 Å². The van der Waals surface area contributed by atoms with Crippen molar-refractivity contribution in [2.75, 3.05) is 65.0 Å². The van der Waals surface area contributed by atoms with E-state index in [-0.39, 0.29) is 48.0 Å². The monoisotopic (exact) mass is 627 g/mol. The van der Waals surface area contributed by atoms with Crippen molar-refractivity contribution in [2.24, 2.45) is 0 Å². The molecule has 4 heterocycles. The molecule has 2 saturated heterocycles. The van der Waals surface area contributed by atoms with E-state index in [1.165, 1.54) is 29.6 Å². The van der Waals surface area contributed by atoms with Crippen molar-refractivity contribution in [1.82, 2.24) is 19.3 Å². The van der Waals surface area contributed by atoms with Gasteiger partial charge < -0.3 is 34.6 Å². The number of aliphatic hydroxyl groups excluding tert-OH is 1. The molecule has 0 amide bonds. The Hall–Kier alpha value is -2.73. The van der Waals surface area contributed by atoms with Gasteiger partial charge >= 0.3 is 0 Å². The molecule has 16 heteroatoms. The zero-order valence-corrected chi connectivity index (χ0v) is 25.2. The molecule has 232 valence electrons. The number of likely N-dealkylation sites (N-methyl/N-ethyl adjacent to an activating group) is 1. The number of aromatic hydroxyl groups is 1. The number of hydrogen-bond donors (Lipinski definition) is 4. The average Bonchev–Trinajstić information content (AvgIpc) is 3.37. The number of benzene rings is 1. The Kier molecular flexibility index (Phi) is 8.85. The largest absolute Gasteiger partial charge is 0.492 e. The Bertz CT molecular complexity index is 1500. The number of pyridine rings is 1. The van der Waals surface area contributed by atoms with E-state index >= 15 is 0 Å². The van der Waals surface area contributed by atoms with Crippen LogP contribution in [0.3, 0.4) is 0 Å². The van der Waals surface area contributed by atoms with Gasteiger partial charge in [-0.3, -0.25) is 0 Å². The molecule has 42 heavy (non-hydrogen) atoms. The maximum absolute atomic E-state index is 13.4. The summed E-state index contributed by atoms with van der Waals surface area (Å²) in [5.74, 6) is -0.0411. The van der Waals surface area contributed by atoms with Gasteiger partial charge in [0.2, 0.25) is 31.8 Å². The molecule has 1 aromatic heterocycles. The SMILES string of the molecule is CNS(=O)(=O)c1cccc(OC[C@@H](O)CNC2COC3(CCN(S(=O)(=O)c4cc5c(nc4O)OCCN5C)CC3)C2)c1. The van der Waals surface area contributed by atoms with Gasteiger partial charge in [0.05, 0.1) is 23.6 Å². The van der Waals surface area contributed by atoms with Crippen LogP contribution >= 0.6 is 0 Å². The topological polar surface area (TPSA) is 180 Å². The van der Waals surface area contributed by atoms with E-state index < -0.39 is 37.6 Å². The van der Waals surface area contributed by atoms with Crippen molar-refractivity contribution >= 4 is 25.7 Å². The molecule has 2 fully saturated rings. The maximum Gasteiger partial charge on any atom is 0.248 e. The van der Waals surface area contributed by atoms with Gasteiger partial charge in [0, 0.05) is 38.8 Å². The summed E-state index contributed by atoms with van der Waals surface area (Å²) in [5, 5.41) is 24.1. The summed E-state index contributed by atoms with van der Waals surface area (Å²) < 4.78 is 71.6.